The number of carbonyl (C=O) groups is 1. The Labute approximate surface area is 105 Å². The molecule has 5 heteroatoms. The maximum Gasteiger partial charge on any atom is 0.422 e. The molecule has 0 unspecified atom stereocenters. The largest absolute Gasteiger partial charge is 0.451 e. The number of ether oxygens (including phenoxy) is 1. The lowest BCUT2D eigenvalue weighted by atomic mass is 10.1. The van der Waals surface area contributed by atoms with Gasteiger partial charge < -0.3 is 10.3 Å². The van der Waals surface area contributed by atoms with Crippen molar-refractivity contribution in [3.05, 3.63) is 40.4 Å². The van der Waals surface area contributed by atoms with Crippen LogP contribution in [0.4, 0.5) is 0 Å². The van der Waals surface area contributed by atoms with E-state index < -0.39 is 11.6 Å². The maximum absolute atomic E-state index is 11.7. The van der Waals surface area contributed by atoms with Gasteiger partial charge in [-0.2, -0.15) is 4.79 Å². The molecule has 0 aliphatic heterocycles. The first kappa shape index (κ1) is 13.4. The van der Waals surface area contributed by atoms with E-state index in [0.29, 0.717) is 10.6 Å². The number of halogens is 1. The van der Waals surface area contributed by atoms with E-state index in [4.69, 9.17) is 21.9 Å². The van der Waals surface area contributed by atoms with Crippen LogP contribution in [0.15, 0.2) is 24.3 Å². The van der Waals surface area contributed by atoms with Crippen molar-refractivity contribution in [3.8, 4) is 0 Å². The minimum Gasteiger partial charge on any atom is -0.451 e. The van der Waals surface area contributed by atoms with Crippen LogP contribution < -0.4 is 0 Å². The SMILES string of the molecule is CC(C)(C)OC(=O)C(=[N+]=[N-])c1cccc(Cl)c1. The van der Waals surface area contributed by atoms with Crippen LogP contribution in [-0.2, 0) is 9.53 Å². The molecule has 0 N–H and O–H groups in total. The van der Waals surface area contributed by atoms with Gasteiger partial charge in [0.05, 0.1) is 5.56 Å². The van der Waals surface area contributed by atoms with Gasteiger partial charge in [0.15, 0.2) is 0 Å². The molecule has 0 amide bonds. The van der Waals surface area contributed by atoms with Gasteiger partial charge in [-0.3, -0.25) is 0 Å². The normalized spacial score (nSPS) is 10.6. The Bertz CT molecular complexity index is 486. The molecular weight excluding hydrogens is 240 g/mol. The summed E-state index contributed by atoms with van der Waals surface area (Å²) in [4.78, 5) is 14.7. The van der Waals surface area contributed by atoms with Crippen molar-refractivity contribution in [3.63, 3.8) is 0 Å². The molecule has 1 aromatic carbocycles. The van der Waals surface area contributed by atoms with Gasteiger partial charge in [0.2, 0.25) is 0 Å². The van der Waals surface area contributed by atoms with Gasteiger partial charge in [-0.05, 0) is 39.0 Å². The minimum absolute atomic E-state index is 0.164. The third-order valence-electron chi connectivity index (χ3n) is 1.79. The molecule has 1 aromatic rings. The Kier molecular flexibility index (Phi) is 4.05. The zero-order valence-corrected chi connectivity index (χ0v) is 10.7. The fourth-order valence-electron chi connectivity index (χ4n) is 1.18. The second-order valence-corrected chi connectivity index (χ2v) is 4.90. The lowest BCUT2D eigenvalue weighted by molar-refractivity contribution is -0.150. The van der Waals surface area contributed by atoms with Crippen LogP contribution >= 0.6 is 11.6 Å². The Balaban J connectivity index is 3.02. The van der Waals surface area contributed by atoms with Gasteiger partial charge in [-0.15, -0.1) is 0 Å². The molecule has 1 rings (SSSR count). The molecular formula is C12H13ClN2O2. The van der Waals surface area contributed by atoms with Crippen molar-refractivity contribution in [2.75, 3.05) is 0 Å². The monoisotopic (exact) mass is 252 g/mol. The number of esters is 1. The van der Waals surface area contributed by atoms with Crippen LogP contribution in [0.1, 0.15) is 26.3 Å². The van der Waals surface area contributed by atoms with E-state index in [9.17, 15) is 4.79 Å². The lowest BCUT2D eigenvalue weighted by Gasteiger charge is -2.17. The van der Waals surface area contributed by atoms with E-state index in [1.165, 1.54) is 6.07 Å². The first-order valence-electron chi connectivity index (χ1n) is 5.05. The van der Waals surface area contributed by atoms with Crippen LogP contribution in [0.2, 0.25) is 5.02 Å². The predicted molar refractivity (Wildman–Crippen MR) is 65.0 cm³/mol. The van der Waals surface area contributed by atoms with Crippen molar-refractivity contribution >= 4 is 23.3 Å². The van der Waals surface area contributed by atoms with Crippen molar-refractivity contribution in [2.24, 2.45) is 0 Å². The molecule has 17 heavy (non-hydrogen) atoms. The molecule has 0 spiro atoms. The molecule has 90 valence electrons. The topological polar surface area (TPSA) is 62.7 Å². The van der Waals surface area contributed by atoms with E-state index in [2.05, 4.69) is 4.79 Å². The summed E-state index contributed by atoms with van der Waals surface area (Å²) in [7, 11) is 0. The highest BCUT2D eigenvalue weighted by molar-refractivity contribution is 6.41. The summed E-state index contributed by atoms with van der Waals surface area (Å²) >= 11 is 5.79. The summed E-state index contributed by atoms with van der Waals surface area (Å²) in [5.41, 5.74) is 8.48. The molecule has 0 heterocycles. The van der Waals surface area contributed by atoms with Crippen molar-refractivity contribution in [2.45, 2.75) is 26.4 Å². The van der Waals surface area contributed by atoms with Gasteiger partial charge in [-0.25, -0.2) is 4.79 Å². The fourth-order valence-corrected chi connectivity index (χ4v) is 1.37. The maximum atomic E-state index is 11.7. The zero-order valence-electron chi connectivity index (χ0n) is 9.90. The third-order valence-corrected chi connectivity index (χ3v) is 2.03. The highest BCUT2D eigenvalue weighted by Crippen LogP contribution is 2.13. The van der Waals surface area contributed by atoms with Gasteiger partial charge in [0, 0.05) is 5.02 Å². The number of hydrogen-bond donors (Lipinski definition) is 0. The lowest BCUT2D eigenvalue weighted by Crippen LogP contribution is -2.30. The van der Waals surface area contributed by atoms with Crippen molar-refractivity contribution < 1.29 is 14.3 Å². The minimum atomic E-state index is -0.692. The van der Waals surface area contributed by atoms with Crippen LogP contribution in [0.25, 0.3) is 5.53 Å². The molecule has 0 bridgehead atoms. The average Bonchev–Trinajstić information content (AvgIpc) is 2.15. The molecule has 0 fully saturated rings. The quantitative estimate of drug-likeness (QED) is 0.352. The smallest absolute Gasteiger partial charge is 0.422 e. The summed E-state index contributed by atoms with van der Waals surface area (Å²) in [6.07, 6.45) is 0. The zero-order chi connectivity index (χ0) is 13.1. The Morgan fingerprint density at radius 1 is 1.41 bits per heavy atom. The highest BCUT2D eigenvalue weighted by Gasteiger charge is 2.29. The van der Waals surface area contributed by atoms with Crippen molar-refractivity contribution in [1.82, 2.24) is 0 Å². The molecule has 0 aromatic heterocycles. The van der Waals surface area contributed by atoms with E-state index in [-0.39, 0.29) is 5.71 Å². The summed E-state index contributed by atoms with van der Waals surface area (Å²) in [5, 5.41) is 0.451. The third kappa shape index (κ3) is 4.02. The van der Waals surface area contributed by atoms with E-state index in [1.54, 1.807) is 39.0 Å². The molecule has 0 atom stereocenters. The first-order valence-corrected chi connectivity index (χ1v) is 5.42. The molecule has 4 nitrogen and oxygen atoms in total. The second-order valence-electron chi connectivity index (χ2n) is 4.46. The highest BCUT2D eigenvalue weighted by atomic mass is 35.5. The number of rotatable bonds is 2. The second kappa shape index (κ2) is 5.13. The first-order chi connectivity index (χ1) is 7.83. The Morgan fingerprint density at radius 2 is 2.06 bits per heavy atom. The van der Waals surface area contributed by atoms with E-state index in [0.717, 1.165) is 0 Å². The number of benzene rings is 1. The van der Waals surface area contributed by atoms with Crippen LogP contribution in [0.5, 0.6) is 0 Å². The van der Waals surface area contributed by atoms with Gasteiger partial charge in [0.1, 0.15) is 5.60 Å². The molecule has 0 aliphatic carbocycles. The van der Waals surface area contributed by atoms with Crippen molar-refractivity contribution in [1.29, 1.82) is 0 Å². The molecule has 0 saturated heterocycles. The Morgan fingerprint density at radius 3 is 2.53 bits per heavy atom. The van der Waals surface area contributed by atoms with Crippen LogP contribution in [0.3, 0.4) is 0 Å². The van der Waals surface area contributed by atoms with Crippen LogP contribution in [0, 0.1) is 0 Å². The van der Waals surface area contributed by atoms with Gasteiger partial charge in [-0.1, -0.05) is 17.7 Å². The van der Waals surface area contributed by atoms with Gasteiger partial charge >= 0.3 is 11.7 Å². The average molecular weight is 253 g/mol. The van der Waals surface area contributed by atoms with Gasteiger partial charge in [0.25, 0.3) is 0 Å². The summed E-state index contributed by atoms with van der Waals surface area (Å²) in [6.45, 7) is 5.20. The fraction of sp³-hybridized carbons (Fsp3) is 0.333. The number of nitrogens with zero attached hydrogens (tertiary/aromatic N) is 2. The summed E-state index contributed by atoms with van der Waals surface area (Å²) in [5.74, 6) is -0.692. The van der Waals surface area contributed by atoms with E-state index >= 15 is 0 Å². The predicted octanol–water partition coefficient (Wildman–Crippen LogP) is 2.70. The number of hydrogen-bond acceptors (Lipinski definition) is 2. The van der Waals surface area contributed by atoms with Crippen LogP contribution in [-0.4, -0.2) is 22.1 Å². The standard InChI is InChI=1S/C12H13ClN2O2/c1-12(2,3)17-11(16)10(15-14)8-5-4-6-9(13)7-8/h4-7H,1-3H3. The molecule has 0 aliphatic rings. The summed E-state index contributed by atoms with van der Waals surface area (Å²) < 4.78 is 5.11. The number of carbonyl (C=O) groups excluding carboxylic acids is 1. The van der Waals surface area contributed by atoms with E-state index in [1.807, 2.05) is 0 Å². The summed E-state index contributed by atoms with van der Waals surface area (Å²) in [6, 6.07) is 6.47. The molecule has 0 saturated carbocycles. The molecule has 0 radical (unpaired) electrons. The Hall–Kier alpha value is -1.64.